The first-order valence-electron chi connectivity index (χ1n) is 19.4. The van der Waals surface area contributed by atoms with Crippen molar-refractivity contribution < 1.29 is 0 Å². The summed E-state index contributed by atoms with van der Waals surface area (Å²) >= 11 is 1.86. The Labute approximate surface area is 335 Å². The Bertz CT molecular complexity index is 3230. The van der Waals surface area contributed by atoms with E-state index in [0.717, 1.165) is 28.3 Å². The number of benzene rings is 9. The van der Waals surface area contributed by atoms with Gasteiger partial charge in [-0.25, -0.2) is 0 Å². The number of hydrogen-bond donors (Lipinski definition) is 0. The van der Waals surface area contributed by atoms with E-state index in [-0.39, 0.29) is 0 Å². The van der Waals surface area contributed by atoms with Gasteiger partial charge >= 0.3 is 0 Å². The molecule has 0 aliphatic carbocycles. The number of fused-ring (bicyclic) bond motifs is 6. The van der Waals surface area contributed by atoms with Crippen molar-refractivity contribution in [1.82, 2.24) is 4.57 Å². The van der Waals surface area contributed by atoms with Crippen LogP contribution in [0, 0.1) is 0 Å². The van der Waals surface area contributed by atoms with Crippen molar-refractivity contribution >= 4 is 70.4 Å². The van der Waals surface area contributed by atoms with Crippen LogP contribution in [0.5, 0.6) is 0 Å². The Morgan fingerprint density at radius 1 is 0.333 bits per heavy atom. The number of rotatable bonds is 7. The van der Waals surface area contributed by atoms with Gasteiger partial charge in [0.1, 0.15) is 0 Å². The molecule has 0 radical (unpaired) electrons. The Hall–Kier alpha value is -7.20. The van der Waals surface area contributed by atoms with Crippen LogP contribution in [0.25, 0.3) is 81.0 Å². The van der Waals surface area contributed by atoms with Crippen molar-refractivity contribution in [2.45, 2.75) is 0 Å². The molecule has 0 atom stereocenters. The molecule has 11 aromatic rings. The van der Waals surface area contributed by atoms with Crippen LogP contribution in [0.2, 0.25) is 0 Å². The molecule has 2 aromatic heterocycles. The molecule has 0 fully saturated rings. The lowest BCUT2D eigenvalue weighted by molar-refractivity contribution is 1.18. The second kappa shape index (κ2) is 13.8. The molecule has 0 saturated heterocycles. The van der Waals surface area contributed by atoms with E-state index in [0.29, 0.717) is 0 Å². The molecule has 2 nitrogen and oxygen atoms in total. The van der Waals surface area contributed by atoms with Crippen molar-refractivity contribution in [2.24, 2.45) is 0 Å². The molecule has 0 N–H and O–H groups in total. The van der Waals surface area contributed by atoms with E-state index >= 15 is 0 Å². The van der Waals surface area contributed by atoms with Gasteiger partial charge in [0.15, 0.2) is 0 Å². The van der Waals surface area contributed by atoms with E-state index in [1.807, 2.05) is 11.3 Å². The molecule has 3 heteroatoms. The quantitative estimate of drug-likeness (QED) is 0.158. The van der Waals surface area contributed by atoms with E-state index < -0.39 is 0 Å². The van der Waals surface area contributed by atoms with E-state index in [4.69, 9.17) is 0 Å². The summed E-state index contributed by atoms with van der Waals surface area (Å²) in [6.45, 7) is 0. The lowest BCUT2D eigenvalue weighted by atomic mass is 10.0. The molecule has 0 bridgehead atoms. The number of anilines is 3. The molecule has 268 valence electrons. The fourth-order valence-electron chi connectivity index (χ4n) is 8.56. The summed E-state index contributed by atoms with van der Waals surface area (Å²) in [6.07, 6.45) is 0. The van der Waals surface area contributed by atoms with Gasteiger partial charge in [0, 0.05) is 53.4 Å². The minimum absolute atomic E-state index is 1.09. The monoisotopic (exact) mass is 744 g/mol. The average molecular weight is 745 g/mol. The Kier molecular flexibility index (Phi) is 8.04. The fraction of sp³-hybridized carbons (Fsp3) is 0. The largest absolute Gasteiger partial charge is 0.310 e. The molecule has 0 unspecified atom stereocenters. The molecule has 0 aliphatic heterocycles. The number of nitrogens with zero attached hydrogens (tertiary/aromatic N) is 2. The SMILES string of the molecule is c1ccc(-c2ccc(N(c3ccc4c5ccccc5n(-c5ccccc5-c5ccc6sc7ccccc7c6c5)c4c3)c3ccccc3-c3ccccc3)cc2)cc1. The molecular weight excluding hydrogens is 709 g/mol. The summed E-state index contributed by atoms with van der Waals surface area (Å²) < 4.78 is 5.10. The van der Waals surface area contributed by atoms with E-state index in [1.165, 1.54) is 69.8 Å². The summed E-state index contributed by atoms with van der Waals surface area (Å²) in [7, 11) is 0. The second-order valence-electron chi connectivity index (χ2n) is 14.5. The van der Waals surface area contributed by atoms with Gasteiger partial charge in [-0.1, -0.05) is 158 Å². The highest BCUT2D eigenvalue weighted by Gasteiger charge is 2.21. The van der Waals surface area contributed by atoms with Gasteiger partial charge in [-0.3, -0.25) is 0 Å². The van der Waals surface area contributed by atoms with Crippen molar-refractivity contribution in [3.63, 3.8) is 0 Å². The number of aromatic nitrogens is 1. The van der Waals surface area contributed by atoms with Gasteiger partial charge in [0.2, 0.25) is 0 Å². The lowest BCUT2D eigenvalue weighted by Crippen LogP contribution is -2.11. The zero-order valence-electron chi connectivity index (χ0n) is 31.1. The third kappa shape index (κ3) is 5.71. The van der Waals surface area contributed by atoms with Crippen LogP contribution in [-0.2, 0) is 0 Å². The van der Waals surface area contributed by atoms with Crippen LogP contribution < -0.4 is 4.90 Å². The van der Waals surface area contributed by atoms with Crippen LogP contribution in [0.4, 0.5) is 17.1 Å². The predicted molar refractivity (Wildman–Crippen MR) is 245 cm³/mol. The number of hydrogen-bond acceptors (Lipinski definition) is 2. The van der Waals surface area contributed by atoms with Gasteiger partial charge in [-0.15, -0.1) is 11.3 Å². The Morgan fingerprint density at radius 2 is 0.912 bits per heavy atom. The third-order valence-corrected chi connectivity index (χ3v) is 12.4. The minimum atomic E-state index is 1.09. The molecule has 9 aromatic carbocycles. The van der Waals surface area contributed by atoms with Crippen molar-refractivity contribution in [2.75, 3.05) is 4.90 Å². The van der Waals surface area contributed by atoms with Crippen LogP contribution in [-0.4, -0.2) is 4.57 Å². The molecule has 11 rings (SSSR count). The van der Waals surface area contributed by atoms with Crippen LogP contribution in [0.15, 0.2) is 218 Å². The maximum Gasteiger partial charge on any atom is 0.0562 e. The summed E-state index contributed by atoms with van der Waals surface area (Å²) in [5.41, 5.74) is 14.0. The first-order valence-corrected chi connectivity index (χ1v) is 20.2. The summed E-state index contributed by atoms with van der Waals surface area (Å²) in [5.74, 6) is 0. The molecule has 0 saturated carbocycles. The average Bonchev–Trinajstić information content (AvgIpc) is 3.82. The van der Waals surface area contributed by atoms with E-state index in [1.54, 1.807) is 0 Å². The minimum Gasteiger partial charge on any atom is -0.310 e. The van der Waals surface area contributed by atoms with Crippen LogP contribution in [0.3, 0.4) is 0 Å². The van der Waals surface area contributed by atoms with Gasteiger partial charge in [0.25, 0.3) is 0 Å². The van der Waals surface area contributed by atoms with Crippen molar-refractivity contribution in [1.29, 1.82) is 0 Å². The zero-order chi connectivity index (χ0) is 37.7. The fourth-order valence-corrected chi connectivity index (χ4v) is 9.64. The van der Waals surface area contributed by atoms with E-state index in [2.05, 4.69) is 228 Å². The summed E-state index contributed by atoms with van der Waals surface area (Å²) in [5, 5.41) is 5.07. The van der Waals surface area contributed by atoms with Gasteiger partial charge < -0.3 is 9.47 Å². The highest BCUT2D eigenvalue weighted by molar-refractivity contribution is 7.25. The van der Waals surface area contributed by atoms with Crippen molar-refractivity contribution in [3.8, 4) is 39.1 Å². The molecule has 2 heterocycles. The van der Waals surface area contributed by atoms with E-state index in [9.17, 15) is 0 Å². The first kappa shape index (κ1) is 33.2. The number of thiophene rings is 1. The topological polar surface area (TPSA) is 8.17 Å². The van der Waals surface area contributed by atoms with Gasteiger partial charge in [0.05, 0.1) is 22.4 Å². The van der Waals surface area contributed by atoms with Gasteiger partial charge in [-0.05, 0) is 82.9 Å². The second-order valence-corrected chi connectivity index (χ2v) is 15.6. The van der Waals surface area contributed by atoms with Gasteiger partial charge in [-0.2, -0.15) is 0 Å². The maximum absolute atomic E-state index is 2.47. The molecule has 0 amide bonds. The molecule has 0 aliphatic rings. The Balaban J connectivity index is 1.13. The smallest absolute Gasteiger partial charge is 0.0562 e. The highest BCUT2D eigenvalue weighted by atomic mass is 32.1. The molecule has 57 heavy (non-hydrogen) atoms. The zero-order valence-corrected chi connectivity index (χ0v) is 31.9. The lowest BCUT2D eigenvalue weighted by Gasteiger charge is -2.28. The number of para-hydroxylation sites is 3. The highest BCUT2D eigenvalue weighted by Crippen LogP contribution is 2.45. The molecule has 0 spiro atoms. The summed E-state index contributed by atoms with van der Waals surface area (Å²) in [6, 6.07) is 79.4. The van der Waals surface area contributed by atoms with Crippen molar-refractivity contribution in [3.05, 3.63) is 218 Å². The summed E-state index contributed by atoms with van der Waals surface area (Å²) in [4.78, 5) is 2.42. The predicted octanol–water partition coefficient (Wildman–Crippen LogP) is 15.6. The maximum atomic E-state index is 2.47. The molecular formula is C54H36N2S. The van der Waals surface area contributed by atoms with Crippen LogP contribution >= 0.6 is 11.3 Å². The van der Waals surface area contributed by atoms with Crippen LogP contribution in [0.1, 0.15) is 0 Å². The third-order valence-electron chi connectivity index (χ3n) is 11.2. The Morgan fingerprint density at radius 3 is 1.74 bits per heavy atom. The standard InChI is InChI=1S/C54H36N2S/c1-3-15-37(16-4-1)38-27-30-41(31-28-38)55(49-23-11-7-19-43(49)39-17-5-2-6-18-39)42-32-33-46-45-21-9-13-25-51(45)56(52(46)36-42)50-24-12-8-20-44(50)40-29-34-54-48(35-40)47-22-10-14-26-53(47)57-54/h1-36H. The first-order chi connectivity index (χ1) is 28.3. The normalized spacial score (nSPS) is 11.5.